The van der Waals surface area contributed by atoms with Crippen molar-refractivity contribution < 1.29 is 9.84 Å². The lowest BCUT2D eigenvalue weighted by Crippen LogP contribution is -2.04. The van der Waals surface area contributed by atoms with Crippen LogP contribution in [0.1, 0.15) is 28.2 Å². The van der Waals surface area contributed by atoms with Crippen molar-refractivity contribution in [1.82, 2.24) is 4.57 Å². The minimum atomic E-state index is -0.0677. The minimum absolute atomic E-state index is 0.0677. The molecule has 0 amide bonds. The molecule has 3 aromatic carbocycles. The van der Waals surface area contributed by atoms with Gasteiger partial charge in [0.2, 0.25) is 0 Å². The molecule has 0 aliphatic carbocycles. The Hall–Kier alpha value is -3.20. The number of hydrogen-bond donors (Lipinski definition) is 1. The third-order valence-electron chi connectivity index (χ3n) is 5.18. The Labute approximate surface area is 159 Å². The number of aromatic nitrogens is 1. The zero-order chi connectivity index (χ0) is 19.0. The highest BCUT2D eigenvalue weighted by Crippen LogP contribution is 2.41. The summed E-state index contributed by atoms with van der Waals surface area (Å²) in [4.78, 5) is 0. The van der Waals surface area contributed by atoms with Crippen molar-refractivity contribution in [3.8, 4) is 11.5 Å². The van der Waals surface area contributed by atoms with Crippen LogP contribution in [0.2, 0.25) is 0 Å². The molecule has 0 bridgehead atoms. The van der Waals surface area contributed by atoms with Gasteiger partial charge in [0.05, 0.1) is 7.11 Å². The van der Waals surface area contributed by atoms with Crippen LogP contribution in [0, 0.1) is 6.92 Å². The van der Waals surface area contributed by atoms with Crippen molar-refractivity contribution in [2.24, 2.45) is 7.05 Å². The van der Waals surface area contributed by atoms with Gasteiger partial charge in [0, 0.05) is 35.6 Å². The highest BCUT2D eigenvalue weighted by atomic mass is 16.5. The number of phenols is 1. The topological polar surface area (TPSA) is 34.4 Å². The van der Waals surface area contributed by atoms with E-state index in [1.54, 1.807) is 13.2 Å². The first-order valence-electron chi connectivity index (χ1n) is 9.06. The first-order chi connectivity index (χ1) is 13.1. The molecule has 1 N–H and O–H groups in total. The summed E-state index contributed by atoms with van der Waals surface area (Å²) in [5.41, 5.74) is 5.52. The number of benzene rings is 3. The summed E-state index contributed by atoms with van der Waals surface area (Å²) in [7, 11) is 3.73. The van der Waals surface area contributed by atoms with E-state index in [4.69, 9.17) is 4.74 Å². The quantitative estimate of drug-likeness (QED) is 0.532. The summed E-state index contributed by atoms with van der Waals surface area (Å²) >= 11 is 0. The van der Waals surface area contributed by atoms with Crippen LogP contribution in [0.5, 0.6) is 11.5 Å². The maximum atomic E-state index is 10.7. The molecular formula is C24H23NO2. The zero-order valence-corrected chi connectivity index (χ0v) is 15.8. The third-order valence-corrected chi connectivity index (χ3v) is 5.18. The monoisotopic (exact) mass is 357 g/mol. The standard InChI is InChI=1S/C24H23NO2/c1-16-8-13-23(26)20(14-16)24(17-9-11-18(27-3)12-10-17)21-15-25(2)22-7-5-4-6-19(21)22/h4-15,24,26H,1-3H3. The van der Waals surface area contributed by atoms with Gasteiger partial charge in [-0.3, -0.25) is 0 Å². The van der Waals surface area contributed by atoms with E-state index in [9.17, 15) is 5.11 Å². The summed E-state index contributed by atoms with van der Waals surface area (Å²) < 4.78 is 7.47. The second-order valence-corrected chi connectivity index (χ2v) is 6.98. The number of hydrogen-bond acceptors (Lipinski definition) is 2. The molecule has 136 valence electrons. The summed E-state index contributed by atoms with van der Waals surface area (Å²) in [5.74, 6) is 1.07. The number of aryl methyl sites for hydroxylation is 2. The fourth-order valence-corrected chi connectivity index (χ4v) is 3.83. The molecule has 27 heavy (non-hydrogen) atoms. The molecule has 1 atom stereocenters. The SMILES string of the molecule is COc1ccc(C(c2cc(C)ccc2O)c2cn(C)c3ccccc23)cc1. The molecule has 0 fully saturated rings. The van der Waals surface area contributed by atoms with Crippen LogP contribution >= 0.6 is 0 Å². The maximum absolute atomic E-state index is 10.7. The number of methoxy groups -OCH3 is 1. The molecule has 1 unspecified atom stereocenters. The number of phenolic OH excluding ortho intramolecular Hbond substituents is 1. The molecule has 0 spiro atoms. The van der Waals surface area contributed by atoms with Gasteiger partial charge in [0.25, 0.3) is 0 Å². The van der Waals surface area contributed by atoms with E-state index in [1.165, 1.54) is 16.5 Å². The molecular weight excluding hydrogens is 334 g/mol. The summed E-state index contributed by atoms with van der Waals surface area (Å²) in [6.45, 7) is 2.05. The molecule has 0 aliphatic heterocycles. The Kier molecular flexibility index (Phi) is 4.36. The third kappa shape index (κ3) is 3.06. The smallest absolute Gasteiger partial charge is 0.119 e. The van der Waals surface area contributed by atoms with E-state index in [0.717, 1.165) is 22.4 Å². The van der Waals surface area contributed by atoms with E-state index in [-0.39, 0.29) is 5.92 Å². The number of fused-ring (bicyclic) bond motifs is 1. The van der Waals surface area contributed by atoms with Gasteiger partial charge >= 0.3 is 0 Å². The van der Waals surface area contributed by atoms with Crippen molar-refractivity contribution in [1.29, 1.82) is 0 Å². The summed E-state index contributed by atoms with van der Waals surface area (Å²) in [6.07, 6.45) is 2.17. The molecule has 0 radical (unpaired) electrons. The highest BCUT2D eigenvalue weighted by molar-refractivity contribution is 5.85. The van der Waals surface area contributed by atoms with E-state index >= 15 is 0 Å². The van der Waals surface area contributed by atoms with Crippen LogP contribution < -0.4 is 4.74 Å². The van der Waals surface area contributed by atoms with Crippen LogP contribution in [-0.4, -0.2) is 16.8 Å². The Bertz CT molecular complexity index is 1090. The molecule has 4 rings (SSSR count). The van der Waals surface area contributed by atoms with Gasteiger partial charge in [-0.1, -0.05) is 48.0 Å². The fraction of sp³-hybridized carbons (Fsp3) is 0.167. The lowest BCUT2D eigenvalue weighted by molar-refractivity contribution is 0.414. The lowest BCUT2D eigenvalue weighted by atomic mass is 9.84. The van der Waals surface area contributed by atoms with E-state index in [1.807, 2.05) is 18.2 Å². The van der Waals surface area contributed by atoms with Gasteiger partial charge < -0.3 is 14.4 Å². The van der Waals surface area contributed by atoms with Crippen LogP contribution in [0.3, 0.4) is 0 Å². The molecule has 3 heteroatoms. The van der Waals surface area contributed by atoms with Crippen LogP contribution in [0.4, 0.5) is 0 Å². The predicted molar refractivity (Wildman–Crippen MR) is 110 cm³/mol. The Morgan fingerprint density at radius 3 is 2.41 bits per heavy atom. The fourth-order valence-electron chi connectivity index (χ4n) is 3.83. The minimum Gasteiger partial charge on any atom is -0.508 e. The molecule has 1 heterocycles. The van der Waals surface area contributed by atoms with Crippen LogP contribution in [-0.2, 0) is 7.05 Å². The van der Waals surface area contributed by atoms with Crippen molar-refractivity contribution in [3.05, 3.63) is 95.2 Å². The molecule has 0 saturated heterocycles. The average Bonchev–Trinajstić information content (AvgIpc) is 3.02. The first-order valence-corrected chi connectivity index (χ1v) is 9.06. The normalized spacial score (nSPS) is 12.3. The van der Waals surface area contributed by atoms with Crippen molar-refractivity contribution in [2.45, 2.75) is 12.8 Å². The van der Waals surface area contributed by atoms with Crippen LogP contribution in [0.15, 0.2) is 72.9 Å². The van der Waals surface area contributed by atoms with Gasteiger partial charge in [-0.25, -0.2) is 0 Å². The van der Waals surface area contributed by atoms with Gasteiger partial charge in [-0.05, 0) is 42.3 Å². The molecule has 0 saturated carbocycles. The Morgan fingerprint density at radius 2 is 1.67 bits per heavy atom. The van der Waals surface area contributed by atoms with Gasteiger partial charge in [0.15, 0.2) is 0 Å². The lowest BCUT2D eigenvalue weighted by Gasteiger charge is -2.20. The number of aromatic hydroxyl groups is 1. The zero-order valence-electron chi connectivity index (χ0n) is 15.8. The highest BCUT2D eigenvalue weighted by Gasteiger charge is 2.24. The number of ether oxygens (including phenoxy) is 1. The number of rotatable bonds is 4. The predicted octanol–water partition coefficient (Wildman–Crippen LogP) is 5.38. The Balaban J connectivity index is 1.99. The van der Waals surface area contributed by atoms with Crippen molar-refractivity contribution >= 4 is 10.9 Å². The molecule has 0 aliphatic rings. The Morgan fingerprint density at radius 1 is 0.926 bits per heavy atom. The van der Waals surface area contributed by atoms with Crippen LogP contribution in [0.25, 0.3) is 10.9 Å². The molecule has 3 nitrogen and oxygen atoms in total. The second-order valence-electron chi connectivity index (χ2n) is 6.98. The van der Waals surface area contributed by atoms with Gasteiger partial charge in [-0.2, -0.15) is 0 Å². The van der Waals surface area contributed by atoms with Crippen molar-refractivity contribution in [2.75, 3.05) is 7.11 Å². The van der Waals surface area contributed by atoms with E-state index in [2.05, 4.69) is 67.2 Å². The molecule has 4 aromatic rings. The largest absolute Gasteiger partial charge is 0.508 e. The maximum Gasteiger partial charge on any atom is 0.119 e. The van der Waals surface area contributed by atoms with E-state index < -0.39 is 0 Å². The second kappa shape index (κ2) is 6.84. The number of para-hydroxylation sites is 1. The van der Waals surface area contributed by atoms with Gasteiger partial charge in [0.1, 0.15) is 11.5 Å². The average molecular weight is 357 g/mol. The van der Waals surface area contributed by atoms with E-state index in [0.29, 0.717) is 5.75 Å². The first kappa shape index (κ1) is 17.2. The van der Waals surface area contributed by atoms with Gasteiger partial charge in [-0.15, -0.1) is 0 Å². The van der Waals surface area contributed by atoms with Crippen molar-refractivity contribution in [3.63, 3.8) is 0 Å². The number of nitrogens with zero attached hydrogens (tertiary/aromatic N) is 1. The summed E-state index contributed by atoms with van der Waals surface area (Å²) in [5, 5.41) is 11.9. The molecule has 1 aromatic heterocycles. The summed E-state index contributed by atoms with van der Waals surface area (Å²) in [6, 6.07) is 22.3.